The van der Waals surface area contributed by atoms with Crippen LogP contribution in [-0.2, 0) is 22.7 Å². The van der Waals surface area contributed by atoms with Gasteiger partial charge in [-0.3, -0.25) is 9.59 Å². The molecule has 0 spiro atoms. The lowest BCUT2D eigenvalue weighted by atomic mass is 10.1. The van der Waals surface area contributed by atoms with E-state index < -0.39 is 5.97 Å². The predicted molar refractivity (Wildman–Crippen MR) is 68.8 cm³/mol. The van der Waals surface area contributed by atoms with E-state index in [1.165, 1.54) is 0 Å². The van der Waals surface area contributed by atoms with E-state index in [1.807, 2.05) is 12.1 Å². The fourth-order valence-electron chi connectivity index (χ4n) is 2.09. The van der Waals surface area contributed by atoms with Gasteiger partial charge in [-0.1, -0.05) is 6.07 Å². The van der Waals surface area contributed by atoms with Crippen LogP contribution in [-0.4, -0.2) is 35.5 Å². The monoisotopic (exact) mass is 263 g/mol. The molecule has 1 aromatic carbocycles. The highest BCUT2D eigenvalue weighted by Crippen LogP contribution is 2.21. The first-order valence-corrected chi connectivity index (χ1v) is 6.24. The zero-order valence-corrected chi connectivity index (χ0v) is 10.9. The highest BCUT2D eigenvalue weighted by atomic mass is 16.5. The first kappa shape index (κ1) is 13.5. The maximum absolute atomic E-state index is 12.2. The maximum Gasteiger partial charge on any atom is 0.303 e. The lowest BCUT2D eigenvalue weighted by Crippen LogP contribution is -2.28. The van der Waals surface area contributed by atoms with Crippen molar-refractivity contribution in [3.63, 3.8) is 0 Å². The third-order valence-corrected chi connectivity index (χ3v) is 3.20. The zero-order valence-electron chi connectivity index (χ0n) is 10.9. The van der Waals surface area contributed by atoms with E-state index in [0.29, 0.717) is 31.7 Å². The molecular weight excluding hydrogens is 246 g/mol. The van der Waals surface area contributed by atoms with Crippen LogP contribution in [0.3, 0.4) is 0 Å². The summed E-state index contributed by atoms with van der Waals surface area (Å²) in [5, 5.41) is 8.57. The van der Waals surface area contributed by atoms with Crippen molar-refractivity contribution in [1.29, 1.82) is 0 Å². The molecule has 1 amide bonds. The molecule has 0 bridgehead atoms. The van der Waals surface area contributed by atoms with Gasteiger partial charge in [0.1, 0.15) is 0 Å². The topological polar surface area (TPSA) is 66.8 Å². The minimum Gasteiger partial charge on any atom is -0.481 e. The van der Waals surface area contributed by atoms with E-state index in [4.69, 9.17) is 9.84 Å². The molecule has 0 aromatic heterocycles. The van der Waals surface area contributed by atoms with Gasteiger partial charge in [-0.05, 0) is 29.7 Å². The van der Waals surface area contributed by atoms with Crippen LogP contribution in [0.5, 0.6) is 0 Å². The Morgan fingerprint density at radius 1 is 1.32 bits per heavy atom. The molecule has 1 N–H and O–H groups in total. The number of amides is 1. The number of hydrogen-bond acceptors (Lipinski definition) is 3. The van der Waals surface area contributed by atoms with Crippen LogP contribution < -0.4 is 0 Å². The summed E-state index contributed by atoms with van der Waals surface area (Å²) in [4.78, 5) is 24.1. The van der Waals surface area contributed by atoms with E-state index in [9.17, 15) is 9.59 Å². The van der Waals surface area contributed by atoms with Crippen molar-refractivity contribution in [2.75, 3.05) is 13.6 Å². The van der Waals surface area contributed by atoms with Gasteiger partial charge < -0.3 is 14.7 Å². The molecule has 1 aliphatic heterocycles. The minimum absolute atomic E-state index is 0.0790. The molecule has 0 unspecified atom stereocenters. The molecule has 0 aliphatic carbocycles. The summed E-state index contributed by atoms with van der Waals surface area (Å²) >= 11 is 0. The molecule has 1 heterocycles. The summed E-state index contributed by atoms with van der Waals surface area (Å²) in [6, 6.07) is 5.57. The Kier molecular flexibility index (Phi) is 4.16. The second-order valence-corrected chi connectivity index (χ2v) is 4.70. The normalized spacial score (nSPS) is 13.1. The van der Waals surface area contributed by atoms with Crippen molar-refractivity contribution < 1.29 is 19.4 Å². The Balaban J connectivity index is 1.97. The molecule has 5 heteroatoms. The number of hydrogen-bond donors (Lipinski definition) is 1. The second-order valence-electron chi connectivity index (χ2n) is 4.70. The molecule has 1 aliphatic rings. The van der Waals surface area contributed by atoms with Gasteiger partial charge in [0.05, 0.1) is 13.2 Å². The van der Waals surface area contributed by atoms with Crippen molar-refractivity contribution in [3.8, 4) is 0 Å². The molecular formula is C14H17NO4. The summed E-state index contributed by atoms with van der Waals surface area (Å²) in [5.74, 6) is -0.921. The highest BCUT2D eigenvalue weighted by molar-refractivity contribution is 5.94. The molecule has 0 atom stereocenters. The van der Waals surface area contributed by atoms with Crippen LogP contribution in [0.2, 0.25) is 0 Å². The first-order valence-electron chi connectivity index (χ1n) is 6.24. The zero-order chi connectivity index (χ0) is 13.8. The predicted octanol–water partition coefficient (Wildman–Crippen LogP) is 1.65. The van der Waals surface area contributed by atoms with Gasteiger partial charge >= 0.3 is 5.97 Å². The van der Waals surface area contributed by atoms with Gasteiger partial charge in [-0.2, -0.15) is 0 Å². The molecule has 5 nitrogen and oxygen atoms in total. The summed E-state index contributed by atoms with van der Waals surface area (Å²) < 4.78 is 5.31. The summed E-state index contributed by atoms with van der Waals surface area (Å²) in [5.41, 5.74) is 2.82. The van der Waals surface area contributed by atoms with Crippen LogP contribution in [0.1, 0.15) is 34.3 Å². The van der Waals surface area contributed by atoms with Gasteiger partial charge in [0.2, 0.25) is 0 Å². The number of carboxylic acid groups (broad SMARTS) is 1. The fraction of sp³-hybridized carbons (Fsp3) is 0.429. The van der Waals surface area contributed by atoms with Crippen LogP contribution in [0.25, 0.3) is 0 Å². The van der Waals surface area contributed by atoms with Gasteiger partial charge in [0.15, 0.2) is 0 Å². The van der Waals surface area contributed by atoms with Crippen LogP contribution in [0, 0.1) is 0 Å². The lowest BCUT2D eigenvalue weighted by molar-refractivity contribution is -0.137. The maximum atomic E-state index is 12.2. The van der Waals surface area contributed by atoms with E-state index >= 15 is 0 Å². The van der Waals surface area contributed by atoms with Crippen molar-refractivity contribution in [2.45, 2.75) is 26.1 Å². The van der Waals surface area contributed by atoms with Gasteiger partial charge in [0, 0.05) is 25.6 Å². The van der Waals surface area contributed by atoms with Crippen molar-refractivity contribution in [2.24, 2.45) is 0 Å². The lowest BCUT2D eigenvalue weighted by Gasteiger charge is -2.17. The average Bonchev–Trinajstić information content (AvgIpc) is 2.84. The second kappa shape index (κ2) is 5.84. The van der Waals surface area contributed by atoms with Crippen LogP contribution in [0.15, 0.2) is 18.2 Å². The standard InChI is InChI=1S/C14H17NO4/c1-15(6-2-3-13(16)17)14(18)10-4-5-11-8-19-9-12(11)7-10/h4-5,7H,2-3,6,8-9H2,1H3,(H,16,17). The Hall–Kier alpha value is -1.88. The molecule has 102 valence electrons. The van der Waals surface area contributed by atoms with Gasteiger partial charge in [-0.15, -0.1) is 0 Å². The summed E-state index contributed by atoms with van der Waals surface area (Å²) in [7, 11) is 1.69. The Labute approximate surface area is 111 Å². The van der Waals surface area contributed by atoms with Crippen molar-refractivity contribution in [3.05, 3.63) is 34.9 Å². The fourth-order valence-corrected chi connectivity index (χ4v) is 2.09. The number of fused-ring (bicyclic) bond motifs is 1. The third kappa shape index (κ3) is 3.32. The molecule has 0 saturated carbocycles. The van der Waals surface area contributed by atoms with Gasteiger partial charge in [-0.25, -0.2) is 0 Å². The van der Waals surface area contributed by atoms with Crippen molar-refractivity contribution in [1.82, 2.24) is 4.90 Å². The Morgan fingerprint density at radius 2 is 2.05 bits per heavy atom. The molecule has 1 aromatic rings. The van der Waals surface area contributed by atoms with Crippen LogP contribution in [0.4, 0.5) is 0 Å². The van der Waals surface area contributed by atoms with E-state index in [1.54, 1.807) is 18.0 Å². The number of carboxylic acids is 1. The number of carbonyl (C=O) groups excluding carboxylic acids is 1. The summed E-state index contributed by atoms with van der Waals surface area (Å²) in [6.07, 6.45) is 0.543. The Morgan fingerprint density at radius 3 is 2.79 bits per heavy atom. The van der Waals surface area contributed by atoms with E-state index in [0.717, 1.165) is 11.1 Å². The number of rotatable bonds is 5. The number of carbonyl (C=O) groups is 2. The van der Waals surface area contributed by atoms with Gasteiger partial charge in [0.25, 0.3) is 5.91 Å². The highest BCUT2D eigenvalue weighted by Gasteiger charge is 2.16. The molecule has 19 heavy (non-hydrogen) atoms. The number of nitrogens with zero attached hydrogens (tertiary/aromatic N) is 1. The Bertz CT molecular complexity index is 498. The number of benzene rings is 1. The largest absolute Gasteiger partial charge is 0.481 e. The first-order chi connectivity index (χ1) is 9.08. The third-order valence-electron chi connectivity index (χ3n) is 3.20. The quantitative estimate of drug-likeness (QED) is 0.877. The van der Waals surface area contributed by atoms with E-state index in [2.05, 4.69) is 0 Å². The average molecular weight is 263 g/mol. The smallest absolute Gasteiger partial charge is 0.303 e. The minimum atomic E-state index is -0.837. The molecule has 2 rings (SSSR count). The van der Waals surface area contributed by atoms with Crippen molar-refractivity contribution >= 4 is 11.9 Å². The SMILES string of the molecule is CN(CCCC(=O)O)C(=O)c1ccc2c(c1)COC2. The van der Waals surface area contributed by atoms with E-state index in [-0.39, 0.29) is 12.3 Å². The summed E-state index contributed by atoms with van der Waals surface area (Å²) in [6.45, 7) is 1.61. The molecule has 0 radical (unpaired) electrons. The number of ether oxygens (including phenoxy) is 1. The molecule has 0 saturated heterocycles. The number of aliphatic carboxylic acids is 1. The van der Waals surface area contributed by atoms with Crippen LogP contribution >= 0.6 is 0 Å². The molecule has 0 fully saturated rings.